The van der Waals surface area contributed by atoms with E-state index in [1.807, 2.05) is 13.8 Å². The van der Waals surface area contributed by atoms with Gasteiger partial charge in [-0.05, 0) is 12.8 Å². The van der Waals surface area contributed by atoms with Crippen LogP contribution in [0.4, 0.5) is 0 Å². The number of hydrogen-bond acceptors (Lipinski definition) is 3. The first-order valence-electron chi connectivity index (χ1n) is 4.21. The van der Waals surface area contributed by atoms with Gasteiger partial charge in [-0.2, -0.15) is 4.31 Å². The van der Waals surface area contributed by atoms with Crippen LogP contribution in [-0.4, -0.2) is 43.3 Å². The number of aliphatic hydroxyl groups is 1. The smallest absolute Gasteiger partial charge is 0.211 e. The second kappa shape index (κ2) is 3.94. The molecule has 0 aromatic rings. The summed E-state index contributed by atoms with van der Waals surface area (Å²) in [6.07, 6.45) is 1.14. The van der Waals surface area contributed by atoms with Gasteiger partial charge in [-0.25, -0.2) is 8.42 Å². The predicted molar refractivity (Wildman–Crippen MR) is 52.9 cm³/mol. The fourth-order valence-electron chi connectivity index (χ4n) is 1.02. The Balaban J connectivity index is 5.00. The van der Waals surface area contributed by atoms with Gasteiger partial charge in [-0.1, -0.05) is 13.8 Å². The maximum absolute atomic E-state index is 11.3. The molecule has 4 nitrogen and oxygen atoms in total. The summed E-state index contributed by atoms with van der Waals surface area (Å²) in [6, 6.07) is 0. The SMILES string of the molecule is CC(C)C(C)(CO)N(C)S(C)(=O)=O. The minimum absolute atomic E-state index is 0.0669. The maximum atomic E-state index is 11.3. The summed E-state index contributed by atoms with van der Waals surface area (Å²) in [5.74, 6) is 0.0669. The summed E-state index contributed by atoms with van der Waals surface area (Å²) < 4.78 is 23.7. The van der Waals surface area contributed by atoms with Gasteiger partial charge in [0.05, 0.1) is 18.4 Å². The summed E-state index contributed by atoms with van der Waals surface area (Å²) in [5.41, 5.74) is -0.715. The highest BCUT2D eigenvalue weighted by atomic mass is 32.2. The maximum Gasteiger partial charge on any atom is 0.211 e. The molecule has 0 aromatic carbocycles. The molecule has 0 aliphatic carbocycles. The molecule has 0 heterocycles. The molecule has 0 bridgehead atoms. The van der Waals surface area contributed by atoms with Crippen LogP contribution in [0.25, 0.3) is 0 Å². The minimum Gasteiger partial charge on any atom is -0.394 e. The van der Waals surface area contributed by atoms with Gasteiger partial charge < -0.3 is 5.11 Å². The van der Waals surface area contributed by atoms with Crippen LogP contribution in [-0.2, 0) is 10.0 Å². The fourth-order valence-corrected chi connectivity index (χ4v) is 2.05. The first kappa shape index (κ1) is 12.9. The van der Waals surface area contributed by atoms with Crippen molar-refractivity contribution in [3.05, 3.63) is 0 Å². The quantitative estimate of drug-likeness (QED) is 0.724. The third kappa shape index (κ3) is 2.65. The molecule has 1 N–H and O–H groups in total. The Hall–Kier alpha value is -0.130. The van der Waals surface area contributed by atoms with Crippen LogP contribution < -0.4 is 0 Å². The minimum atomic E-state index is -3.24. The number of rotatable bonds is 4. The molecule has 80 valence electrons. The molecule has 0 saturated heterocycles. The Bertz CT molecular complexity index is 261. The molecule has 0 aromatic heterocycles. The number of nitrogens with zero attached hydrogens (tertiary/aromatic N) is 1. The van der Waals surface area contributed by atoms with Gasteiger partial charge in [0.15, 0.2) is 0 Å². The molecule has 0 rings (SSSR count). The normalized spacial score (nSPS) is 17.8. The van der Waals surface area contributed by atoms with Crippen molar-refractivity contribution in [2.75, 3.05) is 19.9 Å². The topological polar surface area (TPSA) is 57.6 Å². The van der Waals surface area contributed by atoms with Gasteiger partial charge in [0.25, 0.3) is 0 Å². The zero-order chi connectivity index (χ0) is 10.9. The Labute approximate surface area is 80.6 Å². The van der Waals surface area contributed by atoms with E-state index < -0.39 is 15.6 Å². The van der Waals surface area contributed by atoms with E-state index in [0.717, 1.165) is 6.26 Å². The van der Waals surface area contributed by atoms with Gasteiger partial charge >= 0.3 is 0 Å². The van der Waals surface area contributed by atoms with Gasteiger partial charge in [-0.15, -0.1) is 0 Å². The van der Waals surface area contributed by atoms with E-state index in [2.05, 4.69) is 0 Å². The van der Waals surface area contributed by atoms with Crippen molar-refractivity contribution >= 4 is 10.0 Å². The zero-order valence-electron chi connectivity index (χ0n) is 8.90. The van der Waals surface area contributed by atoms with E-state index in [4.69, 9.17) is 0 Å². The lowest BCUT2D eigenvalue weighted by Gasteiger charge is -2.39. The highest BCUT2D eigenvalue weighted by molar-refractivity contribution is 7.88. The van der Waals surface area contributed by atoms with E-state index >= 15 is 0 Å². The van der Waals surface area contributed by atoms with Crippen LogP contribution in [0, 0.1) is 5.92 Å². The lowest BCUT2D eigenvalue weighted by atomic mass is 9.90. The zero-order valence-corrected chi connectivity index (χ0v) is 9.72. The molecule has 0 aliphatic rings. The molecule has 5 heteroatoms. The van der Waals surface area contributed by atoms with E-state index in [1.54, 1.807) is 6.92 Å². The van der Waals surface area contributed by atoms with Crippen LogP contribution in [0.15, 0.2) is 0 Å². The van der Waals surface area contributed by atoms with Gasteiger partial charge in [0, 0.05) is 7.05 Å². The molecule has 13 heavy (non-hydrogen) atoms. The molecule has 1 atom stereocenters. The van der Waals surface area contributed by atoms with Crippen molar-refractivity contribution < 1.29 is 13.5 Å². The largest absolute Gasteiger partial charge is 0.394 e. The van der Waals surface area contributed by atoms with Crippen molar-refractivity contribution in [1.29, 1.82) is 0 Å². The highest BCUT2D eigenvalue weighted by Crippen LogP contribution is 2.24. The van der Waals surface area contributed by atoms with Gasteiger partial charge in [0.2, 0.25) is 10.0 Å². The van der Waals surface area contributed by atoms with E-state index in [9.17, 15) is 13.5 Å². The number of aliphatic hydroxyl groups excluding tert-OH is 1. The first-order chi connectivity index (χ1) is 5.66. The van der Waals surface area contributed by atoms with Crippen molar-refractivity contribution in [3.63, 3.8) is 0 Å². The lowest BCUT2D eigenvalue weighted by Crippen LogP contribution is -2.53. The standard InChI is InChI=1S/C8H19NO3S/c1-7(2)8(3,6-10)9(4)13(5,11)12/h7,10H,6H2,1-5H3. The molecule has 0 aliphatic heterocycles. The molecular weight excluding hydrogens is 190 g/mol. The van der Waals surface area contributed by atoms with Crippen molar-refractivity contribution in [1.82, 2.24) is 4.31 Å². The van der Waals surface area contributed by atoms with Crippen LogP contribution in [0.3, 0.4) is 0 Å². The lowest BCUT2D eigenvalue weighted by molar-refractivity contribution is 0.0808. The molecular formula is C8H19NO3S. The Kier molecular flexibility index (Phi) is 3.90. The van der Waals surface area contributed by atoms with Crippen molar-refractivity contribution in [3.8, 4) is 0 Å². The average molecular weight is 209 g/mol. The second-order valence-electron chi connectivity index (χ2n) is 3.90. The average Bonchev–Trinajstić information content (AvgIpc) is 1.99. The van der Waals surface area contributed by atoms with Crippen LogP contribution in [0.5, 0.6) is 0 Å². The highest BCUT2D eigenvalue weighted by Gasteiger charge is 2.37. The summed E-state index contributed by atoms with van der Waals surface area (Å²) in [7, 11) is -1.75. The third-order valence-corrected chi connectivity index (χ3v) is 4.19. The Morgan fingerprint density at radius 3 is 1.92 bits per heavy atom. The second-order valence-corrected chi connectivity index (χ2v) is 5.91. The molecule has 0 saturated carbocycles. The Morgan fingerprint density at radius 1 is 1.46 bits per heavy atom. The van der Waals surface area contributed by atoms with Gasteiger partial charge in [0.1, 0.15) is 0 Å². The fraction of sp³-hybridized carbons (Fsp3) is 1.00. The first-order valence-corrected chi connectivity index (χ1v) is 6.06. The van der Waals surface area contributed by atoms with Crippen LogP contribution in [0.2, 0.25) is 0 Å². The number of likely N-dealkylation sites (N-methyl/N-ethyl adjacent to an activating group) is 1. The molecule has 0 amide bonds. The van der Waals surface area contributed by atoms with E-state index in [0.29, 0.717) is 0 Å². The molecule has 0 radical (unpaired) electrons. The summed E-state index contributed by atoms with van der Waals surface area (Å²) >= 11 is 0. The summed E-state index contributed by atoms with van der Waals surface area (Å²) in [5, 5.41) is 9.18. The van der Waals surface area contributed by atoms with Crippen LogP contribution >= 0.6 is 0 Å². The van der Waals surface area contributed by atoms with Crippen LogP contribution in [0.1, 0.15) is 20.8 Å². The third-order valence-electron chi connectivity index (χ3n) is 2.78. The molecule has 0 spiro atoms. The van der Waals surface area contributed by atoms with E-state index in [1.165, 1.54) is 11.4 Å². The number of hydrogen-bond donors (Lipinski definition) is 1. The summed E-state index contributed by atoms with van der Waals surface area (Å²) in [6.45, 7) is 5.34. The number of sulfonamides is 1. The van der Waals surface area contributed by atoms with Crippen molar-refractivity contribution in [2.45, 2.75) is 26.3 Å². The summed E-state index contributed by atoms with van der Waals surface area (Å²) in [4.78, 5) is 0. The van der Waals surface area contributed by atoms with Gasteiger partial charge in [-0.3, -0.25) is 0 Å². The predicted octanol–water partition coefficient (Wildman–Crippen LogP) is 0.285. The Morgan fingerprint density at radius 2 is 1.85 bits per heavy atom. The van der Waals surface area contributed by atoms with Crippen molar-refractivity contribution in [2.24, 2.45) is 5.92 Å². The van der Waals surface area contributed by atoms with E-state index in [-0.39, 0.29) is 12.5 Å². The molecule has 1 unspecified atom stereocenters. The monoisotopic (exact) mass is 209 g/mol. The molecule has 0 fully saturated rings.